The monoisotopic (exact) mass is 589 g/mol. The van der Waals surface area contributed by atoms with Crippen molar-refractivity contribution in [2.75, 3.05) is 4.90 Å². The van der Waals surface area contributed by atoms with E-state index < -0.39 is 0 Å². The van der Waals surface area contributed by atoms with Gasteiger partial charge in [-0.3, -0.25) is 0 Å². The van der Waals surface area contributed by atoms with Gasteiger partial charge in [0.15, 0.2) is 0 Å². The van der Waals surface area contributed by atoms with Crippen LogP contribution in [-0.2, 0) is 0 Å². The molecule has 1 heterocycles. The normalized spacial score (nSPS) is 16.3. The Balaban J connectivity index is 1.12. The van der Waals surface area contributed by atoms with Crippen molar-refractivity contribution >= 4 is 32.9 Å². The maximum atomic E-state index is 6.43. The van der Waals surface area contributed by atoms with Crippen LogP contribution >= 0.6 is 0 Å². The van der Waals surface area contributed by atoms with Gasteiger partial charge in [0.1, 0.15) is 11.5 Å². The summed E-state index contributed by atoms with van der Waals surface area (Å²) in [6.45, 7) is 0. The zero-order valence-corrected chi connectivity index (χ0v) is 25.3. The molecule has 46 heavy (non-hydrogen) atoms. The smallest absolute Gasteiger partial charge is 0.135 e. The minimum atomic E-state index is 0.0737. The first-order valence-corrected chi connectivity index (χ1v) is 15.9. The molecule has 218 valence electrons. The molecule has 2 heteroatoms. The van der Waals surface area contributed by atoms with E-state index in [2.05, 4.69) is 181 Å². The number of para-hydroxylation sites is 1. The van der Waals surface area contributed by atoms with E-state index >= 15 is 0 Å². The molecule has 0 aromatic heterocycles. The van der Waals surface area contributed by atoms with E-state index in [9.17, 15) is 0 Å². The van der Waals surface area contributed by atoms with Crippen LogP contribution in [0.25, 0.3) is 43.8 Å². The summed E-state index contributed by atoms with van der Waals surface area (Å²) in [4.78, 5) is 2.47. The molecule has 0 spiro atoms. The van der Waals surface area contributed by atoms with Gasteiger partial charge >= 0.3 is 0 Å². The Bertz CT molecular complexity index is 2290. The summed E-state index contributed by atoms with van der Waals surface area (Å²) in [7, 11) is 0. The van der Waals surface area contributed by atoms with E-state index in [-0.39, 0.29) is 12.0 Å². The lowest BCUT2D eigenvalue weighted by molar-refractivity contribution is 0.486. The fourth-order valence-electron chi connectivity index (χ4n) is 7.20. The summed E-state index contributed by atoms with van der Waals surface area (Å²) in [6.07, 6.45) is 9.03. The molecule has 7 aromatic rings. The molecular formula is C44H31NO. The minimum absolute atomic E-state index is 0.0737. The predicted octanol–water partition coefficient (Wildman–Crippen LogP) is 11.8. The summed E-state index contributed by atoms with van der Waals surface area (Å²) in [5, 5.41) is 4.90. The average Bonchev–Trinajstić information content (AvgIpc) is 3.13. The Labute approximate surface area is 269 Å². The van der Waals surface area contributed by atoms with Crippen LogP contribution in [0.1, 0.15) is 11.5 Å². The number of hydrogen-bond acceptors (Lipinski definition) is 2. The Morgan fingerprint density at radius 3 is 2.04 bits per heavy atom. The van der Waals surface area contributed by atoms with E-state index in [0.29, 0.717) is 0 Å². The fourth-order valence-corrected chi connectivity index (χ4v) is 7.20. The highest BCUT2D eigenvalue weighted by molar-refractivity contribution is 6.04. The predicted molar refractivity (Wildman–Crippen MR) is 192 cm³/mol. The lowest BCUT2D eigenvalue weighted by Gasteiger charge is -2.38. The van der Waals surface area contributed by atoms with Gasteiger partial charge < -0.3 is 9.64 Å². The van der Waals surface area contributed by atoms with Crippen LogP contribution < -0.4 is 9.64 Å². The molecular weight excluding hydrogens is 558 g/mol. The fraction of sp³-hybridized carbons (Fsp3) is 0.0455. The Morgan fingerprint density at radius 1 is 0.457 bits per heavy atom. The second kappa shape index (κ2) is 10.9. The van der Waals surface area contributed by atoms with Crippen molar-refractivity contribution in [1.82, 2.24) is 0 Å². The molecule has 2 unspecified atom stereocenters. The SMILES string of the molecule is C1=CC(c2ccc3c(c2)-c2cccc4cccc(c24)O3)C(N(c2ccccc2)c2ccc(-c3ccc4ccccc4c3)cc2)C=C1. The van der Waals surface area contributed by atoms with Crippen LogP contribution in [0.4, 0.5) is 11.4 Å². The van der Waals surface area contributed by atoms with E-state index in [4.69, 9.17) is 4.74 Å². The molecule has 0 bridgehead atoms. The highest BCUT2D eigenvalue weighted by Gasteiger charge is 2.30. The van der Waals surface area contributed by atoms with Crippen molar-refractivity contribution in [3.8, 4) is 33.8 Å². The van der Waals surface area contributed by atoms with Crippen LogP contribution in [0, 0.1) is 0 Å². The zero-order chi connectivity index (χ0) is 30.5. The first-order valence-electron chi connectivity index (χ1n) is 15.9. The molecule has 0 saturated carbocycles. The van der Waals surface area contributed by atoms with E-state index in [1.807, 2.05) is 0 Å². The summed E-state index contributed by atoms with van der Waals surface area (Å²) in [6, 6.07) is 54.6. The van der Waals surface area contributed by atoms with E-state index in [1.54, 1.807) is 0 Å². The maximum absolute atomic E-state index is 6.43. The van der Waals surface area contributed by atoms with Crippen LogP contribution in [0.2, 0.25) is 0 Å². The minimum Gasteiger partial charge on any atom is -0.456 e. The van der Waals surface area contributed by atoms with Crippen LogP contribution in [0.5, 0.6) is 11.5 Å². The molecule has 2 aliphatic rings. The van der Waals surface area contributed by atoms with Gasteiger partial charge in [0.05, 0.1) is 6.04 Å². The van der Waals surface area contributed by atoms with Gasteiger partial charge in [0, 0.05) is 28.2 Å². The number of anilines is 2. The zero-order valence-electron chi connectivity index (χ0n) is 25.3. The van der Waals surface area contributed by atoms with Crippen LogP contribution in [-0.4, -0.2) is 6.04 Å². The van der Waals surface area contributed by atoms with E-state index in [0.717, 1.165) is 28.4 Å². The molecule has 7 aromatic carbocycles. The van der Waals surface area contributed by atoms with E-state index in [1.165, 1.54) is 43.8 Å². The quantitative estimate of drug-likeness (QED) is 0.198. The highest BCUT2D eigenvalue weighted by atomic mass is 16.5. The molecule has 0 saturated heterocycles. The summed E-state index contributed by atoms with van der Waals surface area (Å²) < 4.78 is 6.43. The van der Waals surface area contributed by atoms with Gasteiger partial charge in [0.2, 0.25) is 0 Å². The van der Waals surface area contributed by atoms with Gasteiger partial charge in [-0.25, -0.2) is 0 Å². The van der Waals surface area contributed by atoms with Crippen molar-refractivity contribution in [3.63, 3.8) is 0 Å². The third-order valence-corrected chi connectivity index (χ3v) is 9.43. The maximum Gasteiger partial charge on any atom is 0.135 e. The highest BCUT2D eigenvalue weighted by Crippen LogP contribution is 2.48. The van der Waals surface area contributed by atoms with Crippen molar-refractivity contribution in [2.45, 2.75) is 12.0 Å². The first kappa shape index (κ1) is 26.5. The number of benzene rings is 7. The summed E-state index contributed by atoms with van der Waals surface area (Å²) >= 11 is 0. The number of fused-ring (bicyclic) bond motifs is 3. The largest absolute Gasteiger partial charge is 0.456 e. The lowest BCUT2D eigenvalue weighted by atomic mass is 9.84. The molecule has 0 N–H and O–H groups in total. The third kappa shape index (κ3) is 4.50. The lowest BCUT2D eigenvalue weighted by Crippen LogP contribution is -2.35. The number of rotatable bonds is 5. The van der Waals surface area contributed by atoms with Gasteiger partial charge in [0.25, 0.3) is 0 Å². The molecule has 0 amide bonds. The standard InChI is InChI=1S/C44H31NO/c1-2-14-36(15-3-1)45(37-25-22-31(23-26-37)34-21-20-30-10-4-5-11-33(30)28-34)41-18-7-6-16-38(41)35-24-27-42-40(29-35)39-17-8-12-32-13-9-19-43(46-42)44(32)39/h1-29,38,41H. The van der Waals surface area contributed by atoms with Gasteiger partial charge in [-0.15, -0.1) is 0 Å². The second-order valence-corrected chi connectivity index (χ2v) is 12.1. The summed E-state index contributed by atoms with van der Waals surface area (Å²) in [5.74, 6) is 1.96. The molecule has 1 aliphatic carbocycles. The Hall–Kier alpha value is -5.86. The average molecular weight is 590 g/mol. The van der Waals surface area contributed by atoms with Crippen molar-refractivity contribution in [3.05, 3.63) is 182 Å². The van der Waals surface area contributed by atoms with Crippen LogP contribution in [0.15, 0.2) is 176 Å². The molecule has 2 atom stereocenters. The van der Waals surface area contributed by atoms with Crippen molar-refractivity contribution in [2.24, 2.45) is 0 Å². The van der Waals surface area contributed by atoms with Gasteiger partial charge in [-0.05, 0) is 86.9 Å². The Morgan fingerprint density at radius 2 is 1.17 bits per heavy atom. The molecule has 1 aliphatic heterocycles. The number of allylic oxidation sites excluding steroid dienone is 2. The molecule has 9 rings (SSSR count). The molecule has 0 radical (unpaired) electrons. The van der Waals surface area contributed by atoms with Gasteiger partial charge in [-0.2, -0.15) is 0 Å². The molecule has 2 nitrogen and oxygen atoms in total. The van der Waals surface area contributed by atoms with Crippen LogP contribution in [0.3, 0.4) is 0 Å². The number of ether oxygens (including phenoxy) is 1. The first-order chi connectivity index (χ1) is 22.8. The van der Waals surface area contributed by atoms with Crippen molar-refractivity contribution < 1.29 is 4.74 Å². The van der Waals surface area contributed by atoms with Gasteiger partial charge in [-0.1, -0.05) is 127 Å². The topological polar surface area (TPSA) is 12.5 Å². The number of nitrogens with zero attached hydrogens (tertiary/aromatic N) is 1. The molecule has 0 fully saturated rings. The second-order valence-electron chi connectivity index (χ2n) is 12.1. The van der Waals surface area contributed by atoms with Crippen molar-refractivity contribution in [1.29, 1.82) is 0 Å². The Kier molecular flexibility index (Phi) is 6.31. The summed E-state index contributed by atoms with van der Waals surface area (Å²) in [5.41, 5.74) is 8.39. The number of hydrogen-bond donors (Lipinski definition) is 0. The third-order valence-electron chi connectivity index (χ3n) is 9.43.